The van der Waals surface area contributed by atoms with Gasteiger partial charge >= 0.3 is 0 Å². The Morgan fingerprint density at radius 2 is 1.91 bits per heavy atom. The number of hydroxylamine groups is 1. The van der Waals surface area contributed by atoms with Gasteiger partial charge in [0.15, 0.2) is 0 Å². The molecule has 2 unspecified atom stereocenters. The van der Waals surface area contributed by atoms with E-state index in [-0.39, 0.29) is 0 Å². The highest BCUT2D eigenvalue weighted by atomic mass is 35.5. The van der Waals surface area contributed by atoms with Gasteiger partial charge in [0, 0.05) is 48.2 Å². The Bertz CT molecular complexity index is 1250. The summed E-state index contributed by atoms with van der Waals surface area (Å²) < 4.78 is 26.2. The summed E-state index contributed by atoms with van der Waals surface area (Å²) in [5.74, 6) is 0. The fourth-order valence-corrected chi connectivity index (χ4v) is 6.56. The Morgan fingerprint density at radius 3 is 2.53 bits per heavy atom. The van der Waals surface area contributed by atoms with Crippen molar-refractivity contribution < 1.29 is 19.0 Å². The minimum atomic E-state index is -3.52. The first-order valence-corrected chi connectivity index (χ1v) is 12.8. The summed E-state index contributed by atoms with van der Waals surface area (Å²) in [4.78, 5) is 3.38. The standard InChI is InChI=1S/C25H31ClN3O4P/c1-16(7-6-10-28-30)15-27-25(32-4)23-24(21-14-19(26)8-9-22(21)29-23)34(31,33-5)20-12-17(2)11-18(3)13-20/h6-14,25,27-30H,15H2,1-5H3/b10-6-,16-7+. The van der Waals surface area contributed by atoms with Crippen LogP contribution in [-0.4, -0.2) is 31.0 Å². The summed E-state index contributed by atoms with van der Waals surface area (Å²) in [6.45, 7) is 6.38. The van der Waals surface area contributed by atoms with Crippen LogP contribution in [0.2, 0.25) is 5.02 Å². The first-order valence-electron chi connectivity index (χ1n) is 10.8. The summed E-state index contributed by atoms with van der Waals surface area (Å²) in [6, 6.07) is 11.3. The number of fused-ring (bicyclic) bond motifs is 1. The van der Waals surface area contributed by atoms with E-state index in [0.29, 0.717) is 27.9 Å². The van der Waals surface area contributed by atoms with Crippen molar-refractivity contribution in [2.45, 2.75) is 27.0 Å². The summed E-state index contributed by atoms with van der Waals surface area (Å²) in [5.41, 5.74) is 6.36. The van der Waals surface area contributed by atoms with Crippen LogP contribution >= 0.6 is 19.0 Å². The lowest BCUT2D eigenvalue weighted by Gasteiger charge is -2.23. The molecule has 0 spiro atoms. The fraction of sp³-hybridized carbons (Fsp3) is 0.280. The molecule has 2 atom stereocenters. The molecule has 9 heteroatoms. The number of rotatable bonds is 10. The molecule has 34 heavy (non-hydrogen) atoms. The van der Waals surface area contributed by atoms with Crippen LogP contribution in [0.4, 0.5) is 0 Å². The van der Waals surface area contributed by atoms with Gasteiger partial charge in [-0.15, -0.1) is 0 Å². The van der Waals surface area contributed by atoms with Gasteiger partial charge < -0.3 is 14.2 Å². The normalized spacial score (nSPS) is 15.1. The molecule has 0 aliphatic heterocycles. The van der Waals surface area contributed by atoms with Crippen molar-refractivity contribution in [3.8, 4) is 0 Å². The second kappa shape index (κ2) is 11.4. The largest absolute Gasteiger partial charge is 0.361 e. The summed E-state index contributed by atoms with van der Waals surface area (Å²) >= 11 is 6.34. The van der Waals surface area contributed by atoms with E-state index in [2.05, 4.69) is 10.3 Å². The second-order valence-electron chi connectivity index (χ2n) is 8.16. The SMILES string of the molecule is COC(NC/C(C)=C/C=C\NO)c1[nH]c2ccc(Cl)cc2c1P(=O)(OC)c1cc(C)cc(C)c1. The van der Waals surface area contributed by atoms with E-state index in [1.165, 1.54) is 13.3 Å². The van der Waals surface area contributed by atoms with Crippen LogP contribution in [0.15, 0.2) is 60.3 Å². The number of aryl methyl sites for hydroxylation is 2. The van der Waals surface area contributed by atoms with Crippen LogP contribution in [0.25, 0.3) is 10.9 Å². The quantitative estimate of drug-likeness (QED) is 0.135. The zero-order chi connectivity index (χ0) is 24.9. The highest BCUT2D eigenvalue weighted by Crippen LogP contribution is 2.48. The second-order valence-corrected chi connectivity index (χ2v) is 11.0. The fourth-order valence-electron chi connectivity index (χ4n) is 4.00. The van der Waals surface area contributed by atoms with Crippen LogP contribution in [0, 0.1) is 13.8 Å². The van der Waals surface area contributed by atoms with Crippen molar-refractivity contribution in [3.63, 3.8) is 0 Å². The molecule has 0 aliphatic carbocycles. The van der Waals surface area contributed by atoms with Crippen LogP contribution < -0.4 is 21.4 Å². The minimum Gasteiger partial charge on any atom is -0.361 e. The summed E-state index contributed by atoms with van der Waals surface area (Å²) in [7, 11) is -0.468. The van der Waals surface area contributed by atoms with E-state index in [1.807, 2.05) is 56.6 Å². The van der Waals surface area contributed by atoms with E-state index < -0.39 is 13.6 Å². The maximum atomic E-state index is 14.6. The molecule has 0 saturated heterocycles. The Hall–Kier alpha value is -2.38. The van der Waals surface area contributed by atoms with E-state index in [4.69, 9.17) is 26.1 Å². The molecule has 3 rings (SSSR count). The number of methoxy groups -OCH3 is 1. The van der Waals surface area contributed by atoms with Gasteiger partial charge in [-0.25, -0.2) is 0 Å². The maximum absolute atomic E-state index is 14.6. The molecule has 1 aromatic heterocycles. The lowest BCUT2D eigenvalue weighted by molar-refractivity contribution is 0.0742. The third-order valence-electron chi connectivity index (χ3n) is 5.47. The third kappa shape index (κ3) is 5.63. The number of aromatic nitrogens is 1. The van der Waals surface area contributed by atoms with Gasteiger partial charge in [-0.2, -0.15) is 0 Å². The number of H-pyrrole nitrogens is 1. The van der Waals surface area contributed by atoms with Gasteiger partial charge in [0.1, 0.15) is 6.23 Å². The molecule has 1 heterocycles. The number of ether oxygens (including phenoxy) is 1. The van der Waals surface area contributed by atoms with Gasteiger partial charge in [-0.05, 0) is 57.2 Å². The van der Waals surface area contributed by atoms with Gasteiger partial charge in [0.2, 0.25) is 0 Å². The zero-order valence-corrected chi connectivity index (χ0v) is 21.6. The minimum absolute atomic E-state index is 0.491. The third-order valence-corrected chi connectivity index (χ3v) is 8.23. The van der Waals surface area contributed by atoms with Gasteiger partial charge in [-0.3, -0.25) is 20.6 Å². The highest BCUT2D eigenvalue weighted by molar-refractivity contribution is 7.75. The number of aromatic amines is 1. The van der Waals surface area contributed by atoms with Crippen molar-refractivity contribution >= 4 is 40.5 Å². The van der Waals surface area contributed by atoms with E-state index in [0.717, 1.165) is 27.6 Å². The number of halogens is 1. The zero-order valence-electron chi connectivity index (χ0n) is 20.0. The highest BCUT2D eigenvalue weighted by Gasteiger charge is 2.36. The lowest BCUT2D eigenvalue weighted by Crippen LogP contribution is -2.30. The molecule has 0 bridgehead atoms. The molecule has 2 aromatic carbocycles. The number of hydrogen-bond donors (Lipinski definition) is 4. The van der Waals surface area contributed by atoms with Crippen molar-refractivity contribution in [3.05, 3.63) is 82.2 Å². The summed E-state index contributed by atoms with van der Waals surface area (Å²) in [5, 5.41) is 14.4. The molecule has 0 amide bonds. The van der Waals surface area contributed by atoms with E-state index in [9.17, 15) is 4.57 Å². The van der Waals surface area contributed by atoms with Crippen molar-refractivity contribution in [2.24, 2.45) is 0 Å². The van der Waals surface area contributed by atoms with Crippen molar-refractivity contribution in [1.29, 1.82) is 0 Å². The number of hydrogen-bond acceptors (Lipinski definition) is 6. The van der Waals surface area contributed by atoms with Crippen LogP contribution in [-0.2, 0) is 13.8 Å². The Labute approximate surface area is 205 Å². The van der Waals surface area contributed by atoms with Crippen LogP contribution in [0.5, 0.6) is 0 Å². The molecule has 3 aromatic rings. The molecule has 0 radical (unpaired) electrons. The Kier molecular flexibility index (Phi) is 8.77. The van der Waals surface area contributed by atoms with Gasteiger partial charge in [0.05, 0.1) is 11.0 Å². The van der Waals surface area contributed by atoms with E-state index >= 15 is 0 Å². The number of allylic oxidation sites excluding steroid dienone is 2. The molecule has 4 N–H and O–H groups in total. The first-order chi connectivity index (χ1) is 16.2. The number of nitrogens with one attached hydrogen (secondary N) is 3. The molecule has 182 valence electrons. The van der Waals surface area contributed by atoms with Crippen molar-refractivity contribution in [1.82, 2.24) is 15.8 Å². The average Bonchev–Trinajstić information content (AvgIpc) is 3.17. The van der Waals surface area contributed by atoms with E-state index in [1.54, 1.807) is 25.3 Å². The molecule has 0 aliphatic rings. The average molecular weight is 504 g/mol. The predicted octanol–water partition coefficient (Wildman–Crippen LogP) is 4.99. The molecular formula is C25H31ClN3O4P. The molecule has 0 saturated carbocycles. The van der Waals surface area contributed by atoms with Crippen LogP contribution in [0.3, 0.4) is 0 Å². The topological polar surface area (TPSA) is 95.6 Å². The summed E-state index contributed by atoms with van der Waals surface area (Å²) in [6.07, 6.45) is 4.35. The van der Waals surface area contributed by atoms with Gasteiger partial charge in [-0.1, -0.05) is 40.4 Å². The molecular weight excluding hydrogens is 473 g/mol. The molecule has 7 nitrogen and oxygen atoms in total. The monoisotopic (exact) mass is 503 g/mol. The first kappa shape index (κ1) is 26.2. The maximum Gasteiger partial charge on any atom is 0.263 e. The van der Waals surface area contributed by atoms with Gasteiger partial charge in [0.25, 0.3) is 7.37 Å². The smallest absolute Gasteiger partial charge is 0.263 e. The van der Waals surface area contributed by atoms with Crippen LogP contribution in [0.1, 0.15) is 30.0 Å². The molecule has 0 fully saturated rings. The predicted molar refractivity (Wildman–Crippen MR) is 139 cm³/mol. The van der Waals surface area contributed by atoms with Crippen molar-refractivity contribution in [2.75, 3.05) is 20.8 Å². The number of benzene rings is 2. The Morgan fingerprint density at radius 1 is 1.21 bits per heavy atom. The lowest BCUT2D eigenvalue weighted by atomic mass is 10.2. The Balaban J connectivity index is 2.17.